The second-order valence-electron chi connectivity index (χ2n) is 4.23. The molecule has 0 aromatic carbocycles. The molecule has 0 aliphatic heterocycles. The van der Waals surface area contributed by atoms with E-state index in [1.54, 1.807) is 7.11 Å². The highest BCUT2D eigenvalue weighted by Gasteiger charge is 2.00. The molecule has 1 aromatic heterocycles. The summed E-state index contributed by atoms with van der Waals surface area (Å²) < 4.78 is 5.02. The molecule has 0 saturated carbocycles. The monoisotopic (exact) mass is 252 g/mol. The maximum absolute atomic E-state index is 5.02. The molecule has 0 amide bonds. The lowest BCUT2D eigenvalue weighted by Gasteiger charge is -2.08. The minimum atomic E-state index is 0.694. The second-order valence-corrected chi connectivity index (χ2v) is 4.23. The van der Waals surface area contributed by atoms with Crippen LogP contribution >= 0.6 is 0 Å². The van der Waals surface area contributed by atoms with E-state index in [2.05, 4.69) is 20.6 Å². The number of nitrogens with zero attached hydrogens (tertiary/aromatic N) is 2. The Morgan fingerprint density at radius 1 is 1.17 bits per heavy atom. The molecule has 0 saturated heterocycles. The number of nitrogens with one attached hydrogen (secondary N) is 2. The Kier molecular flexibility index (Phi) is 7.10. The van der Waals surface area contributed by atoms with Crippen molar-refractivity contribution in [1.82, 2.24) is 9.97 Å². The van der Waals surface area contributed by atoms with Gasteiger partial charge in [0.2, 0.25) is 5.95 Å². The van der Waals surface area contributed by atoms with Crippen LogP contribution < -0.4 is 10.6 Å². The number of anilines is 2. The molecule has 102 valence electrons. The van der Waals surface area contributed by atoms with Crippen LogP contribution in [0.1, 0.15) is 31.9 Å². The fourth-order valence-corrected chi connectivity index (χ4v) is 1.66. The molecular formula is C13H24N4O. The summed E-state index contributed by atoms with van der Waals surface area (Å²) >= 11 is 0. The summed E-state index contributed by atoms with van der Waals surface area (Å²) in [6, 6.07) is 1.97. The van der Waals surface area contributed by atoms with E-state index in [4.69, 9.17) is 4.74 Å². The standard InChI is InChI=1S/C13H24N4O/c1-4-14-13-16-11(2)10-12(17-13)15-8-6-5-7-9-18-3/h10H,4-9H2,1-3H3,(H2,14,15,16,17). The van der Waals surface area contributed by atoms with Crippen LogP contribution in [0.4, 0.5) is 11.8 Å². The van der Waals surface area contributed by atoms with E-state index in [1.165, 1.54) is 6.42 Å². The first-order valence-corrected chi connectivity index (χ1v) is 6.58. The summed E-state index contributed by atoms with van der Waals surface area (Å²) in [6.07, 6.45) is 3.41. The van der Waals surface area contributed by atoms with Crippen LogP contribution in [0, 0.1) is 6.92 Å². The molecular weight excluding hydrogens is 228 g/mol. The lowest BCUT2D eigenvalue weighted by Crippen LogP contribution is -2.08. The highest BCUT2D eigenvalue weighted by molar-refractivity contribution is 5.41. The third-order valence-corrected chi connectivity index (χ3v) is 2.52. The van der Waals surface area contributed by atoms with Crippen LogP contribution in [-0.4, -0.2) is 36.8 Å². The van der Waals surface area contributed by atoms with Crippen LogP contribution in [-0.2, 0) is 4.74 Å². The Morgan fingerprint density at radius 2 is 2.00 bits per heavy atom. The Morgan fingerprint density at radius 3 is 2.72 bits per heavy atom. The van der Waals surface area contributed by atoms with Gasteiger partial charge in [0.15, 0.2) is 0 Å². The van der Waals surface area contributed by atoms with Gasteiger partial charge in [0.25, 0.3) is 0 Å². The van der Waals surface area contributed by atoms with Crippen LogP contribution in [0.25, 0.3) is 0 Å². The minimum absolute atomic E-state index is 0.694. The Balaban J connectivity index is 2.32. The van der Waals surface area contributed by atoms with Crippen LogP contribution in [0.5, 0.6) is 0 Å². The molecule has 1 aromatic rings. The molecule has 0 bridgehead atoms. The number of rotatable bonds is 9. The summed E-state index contributed by atoms with van der Waals surface area (Å²) in [6.45, 7) is 6.63. The van der Waals surface area contributed by atoms with Crippen molar-refractivity contribution in [3.05, 3.63) is 11.8 Å². The molecule has 0 atom stereocenters. The van der Waals surface area contributed by atoms with E-state index in [9.17, 15) is 0 Å². The Bertz CT molecular complexity index is 344. The maximum Gasteiger partial charge on any atom is 0.224 e. The van der Waals surface area contributed by atoms with E-state index in [0.717, 1.165) is 44.0 Å². The first-order valence-electron chi connectivity index (χ1n) is 6.58. The average Bonchev–Trinajstić information content (AvgIpc) is 2.33. The lowest BCUT2D eigenvalue weighted by molar-refractivity contribution is 0.192. The Hall–Kier alpha value is -1.36. The largest absolute Gasteiger partial charge is 0.385 e. The van der Waals surface area contributed by atoms with E-state index in [0.29, 0.717) is 5.95 Å². The van der Waals surface area contributed by atoms with Gasteiger partial charge in [-0.1, -0.05) is 0 Å². The summed E-state index contributed by atoms with van der Waals surface area (Å²) in [5.74, 6) is 1.59. The van der Waals surface area contributed by atoms with Gasteiger partial charge >= 0.3 is 0 Å². The highest BCUT2D eigenvalue weighted by Crippen LogP contribution is 2.09. The van der Waals surface area contributed by atoms with Crippen molar-refractivity contribution in [3.63, 3.8) is 0 Å². The molecule has 0 fully saturated rings. The van der Waals surface area contributed by atoms with Crippen molar-refractivity contribution in [1.29, 1.82) is 0 Å². The van der Waals surface area contributed by atoms with Crippen LogP contribution in [0.3, 0.4) is 0 Å². The number of hydrogen-bond donors (Lipinski definition) is 2. The van der Waals surface area contributed by atoms with Gasteiger partial charge in [-0.25, -0.2) is 4.98 Å². The molecule has 1 rings (SSSR count). The average molecular weight is 252 g/mol. The lowest BCUT2D eigenvalue weighted by atomic mass is 10.2. The summed E-state index contributed by atoms with van der Waals surface area (Å²) in [4.78, 5) is 8.71. The van der Waals surface area contributed by atoms with E-state index in [-0.39, 0.29) is 0 Å². The quantitative estimate of drug-likeness (QED) is 0.661. The number of methoxy groups -OCH3 is 1. The summed E-state index contributed by atoms with van der Waals surface area (Å²) in [5, 5.41) is 6.46. The van der Waals surface area contributed by atoms with E-state index < -0.39 is 0 Å². The van der Waals surface area contributed by atoms with Crippen LogP contribution in [0.2, 0.25) is 0 Å². The van der Waals surface area contributed by atoms with Gasteiger partial charge in [0, 0.05) is 38.6 Å². The number of unbranched alkanes of at least 4 members (excludes halogenated alkanes) is 2. The zero-order valence-electron chi connectivity index (χ0n) is 11.6. The predicted molar refractivity (Wildman–Crippen MR) is 75.1 cm³/mol. The van der Waals surface area contributed by atoms with Crippen LogP contribution in [0.15, 0.2) is 6.07 Å². The van der Waals surface area contributed by atoms with Gasteiger partial charge in [0.05, 0.1) is 0 Å². The van der Waals surface area contributed by atoms with Gasteiger partial charge in [-0.2, -0.15) is 4.98 Å². The van der Waals surface area contributed by atoms with Crippen molar-refractivity contribution >= 4 is 11.8 Å². The summed E-state index contributed by atoms with van der Waals surface area (Å²) in [5.41, 5.74) is 0.975. The topological polar surface area (TPSA) is 59.1 Å². The first-order chi connectivity index (χ1) is 8.76. The molecule has 0 radical (unpaired) electrons. The highest BCUT2D eigenvalue weighted by atomic mass is 16.5. The molecule has 0 unspecified atom stereocenters. The van der Waals surface area contributed by atoms with Crippen molar-refractivity contribution in [2.24, 2.45) is 0 Å². The first kappa shape index (κ1) is 14.7. The van der Waals surface area contributed by atoms with E-state index in [1.807, 2.05) is 19.9 Å². The van der Waals surface area contributed by atoms with Gasteiger partial charge < -0.3 is 15.4 Å². The third-order valence-electron chi connectivity index (χ3n) is 2.52. The van der Waals surface area contributed by atoms with E-state index >= 15 is 0 Å². The van der Waals surface area contributed by atoms with Gasteiger partial charge in [-0.3, -0.25) is 0 Å². The Labute approximate surface area is 109 Å². The molecule has 5 nitrogen and oxygen atoms in total. The second kappa shape index (κ2) is 8.69. The van der Waals surface area contributed by atoms with Crippen molar-refractivity contribution in [2.75, 3.05) is 37.4 Å². The van der Waals surface area contributed by atoms with Gasteiger partial charge in [-0.15, -0.1) is 0 Å². The van der Waals surface area contributed by atoms with Crippen molar-refractivity contribution in [3.8, 4) is 0 Å². The predicted octanol–water partition coefficient (Wildman–Crippen LogP) is 2.45. The molecule has 2 N–H and O–H groups in total. The molecule has 0 aliphatic carbocycles. The number of aromatic nitrogens is 2. The number of aryl methyl sites for hydroxylation is 1. The van der Waals surface area contributed by atoms with Gasteiger partial charge in [-0.05, 0) is 33.1 Å². The fourth-order valence-electron chi connectivity index (χ4n) is 1.66. The molecule has 0 aliphatic rings. The zero-order valence-corrected chi connectivity index (χ0v) is 11.6. The molecule has 18 heavy (non-hydrogen) atoms. The number of ether oxygens (including phenoxy) is 1. The number of hydrogen-bond acceptors (Lipinski definition) is 5. The smallest absolute Gasteiger partial charge is 0.224 e. The fraction of sp³-hybridized carbons (Fsp3) is 0.692. The van der Waals surface area contributed by atoms with Gasteiger partial charge in [0.1, 0.15) is 5.82 Å². The molecule has 5 heteroatoms. The zero-order chi connectivity index (χ0) is 13.2. The minimum Gasteiger partial charge on any atom is -0.385 e. The normalized spacial score (nSPS) is 10.4. The van der Waals surface area contributed by atoms with Crippen molar-refractivity contribution < 1.29 is 4.74 Å². The molecule has 0 spiro atoms. The SMILES string of the molecule is CCNc1nc(C)cc(NCCCCCOC)n1. The van der Waals surface area contributed by atoms with Crippen molar-refractivity contribution in [2.45, 2.75) is 33.1 Å². The third kappa shape index (κ3) is 5.82. The molecule has 1 heterocycles. The summed E-state index contributed by atoms with van der Waals surface area (Å²) in [7, 11) is 1.74. The maximum atomic E-state index is 5.02.